The molecule has 0 aliphatic rings. The molecular weight excluding hydrogens is 204 g/mol. The molecule has 0 saturated heterocycles. The van der Waals surface area contributed by atoms with Crippen LogP contribution < -0.4 is 5.11 Å². The van der Waals surface area contributed by atoms with Crippen LogP contribution in [0.3, 0.4) is 0 Å². The highest BCUT2D eigenvalue weighted by Crippen LogP contribution is 2.03. The van der Waals surface area contributed by atoms with Gasteiger partial charge < -0.3 is 9.90 Å². The molecule has 1 aromatic carbocycles. The maximum absolute atomic E-state index is 10.5. The number of carbonyl (C=O) groups is 1. The van der Waals surface area contributed by atoms with Gasteiger partial charge >= 0.3 is 0 Å². The fourth-order valence-electron chi connectivity index (χ4n) is 0.949. The van der Waals surface area contributed by atoms with Crippen molar-refractivity contribution >= 4 is 14.0 Å². The number of carboxylic acids is 1. The van der Waals surface area contributed by atoms with Crippen molar-refractivity contribution in [1.82, 2.24) is 0 Å². The van der Waals surface area contributed by atoms with Crippen LogP contribution in [0.25, 0.3) is 0 Å². The van der Waals surface area contributed by atoms with E-state index in [2.05, 4.69) is 31.1 Å². The Morgan fingerprint density at radius 3 is 2.13 bits per heavy atom. The number of hydrogen-bond donors (Lipinski definition) is 0. The number of rotatable bonds is 1. The molecule has 2 nitrogen and oxygen atoms in total. The van der Waals surface area contributed by atoms with Gasteiger partial charge in [-0.3, -0.25) is 0 Å². The Bertz CT molecular complexity index is 416. The van der Waals surface area contributed by atoms with Crippen molar-refractivity contribution in [3.63, 3.8) is 0 Å². The predicted octanol–water partition coefficient (Wildman–Crippen LogP) is 1.28. The Morgan fingerprint density at radius 1 is 1.20 bits per heavy atom. The van der Waals surface area contributed by atoms with E-state index in [1.165, 1.54) is 12.1 Å². The third kappa shape index (κ3) is 4.01. The predicted molar refractivity (Wildman–Crippen MR) is 61.0 cm³/mol. The lowest BCUT2D eigenvalue weighted by Crippen LogP contribution is -2.21. The van der Waals surface area contributed by atoms with Crippen molar-refractivity contribution in [2.45, 2.75) is 19.6 Å². The van der Waals surface area contributed by atoms with Crippen molar-refractivity contribution in [2.75, 3.05) is 0 Å². The highest BCUT2D eigenvalue weighted by Gasteiger charge is 2.07. The Balaban J connectivity index is 2.89. The van der Waals surface area contributed by atoms with Gasteiger partial charge in [-0.1, -0.05) is 37.7 Å². The van der Waals surface area contributed by atoms with Gasteiger partial charge in [0.15, 0.2) is 0 Å². The van der Waals surface area contributed by atoms with Crippen LogP contribution in [0, 0.1) is 11.5 Å². The summed E-state index contributed by atoms with van der Waals surface area (Å²) in [6.45, 7) is 6.49. The van der Waals surface area contributed by atoms with Gasteiger partial charge in [0.05, 0.1) is 5.97 Å². The first kappa shape index (κ1) is 11.5. The second-order valence-electron chi connectivity index (χ2n) is 4.36. The largest absolute Gasteiger partial charge is 0.545 e. The van der Waals surface area contributed by atoms with E-state index in [9.17, 15) is 9.90 Å². The van der Waals surface area contributed by atoms with Gasteiger partial charge in [-0.25, -0.2) is 0 Å². The molecule has 1 aromatic rings. The maximum atomic E-state index is 10.5. The Morgan fingerprint density at radius 2 is 1.73 bits per heavy atom. The van der Waals surface area contributed by atoms with E-state index in [1.54, 1.807) is 12.1 Å². The van der Waals surface area contributed by atoms with E-state index < -0.39 is 14.0 Å². The smallest absolute Gasteiger partial charge is 0.129 e. The van der Waals surface area contributed by atoms with Gasteiger partial charge in [-0.05, 0) is 17.7 Å². The molecule has 0 unspecified atom stereocenters. The zero-order valence-corrected chi connectivity index (χ0v) is 10.1. The average Bonchev–Trinajstić information content (AvgIpc) is 2.14. The van der Waals surface area contributed by atoms with Crippen molar-refractivity contribution in [3.8, 4) is 11.5 Å². The fraction of sp³-hybridized carbons (Fsp3) is 0.250. The second-order valence-corrected chi connectivity index (χ2v) is 9.11. The highest BCUT2D eigenvalue weighted by molar-refractivity contribution is 6.83. The van der Waals surface area contributed by atoms with Crippen molar-refractivity contribution in [1.29, 1.82) is 0 Å². The Hall–Kier alpha value is -1.53. The SMILES string of the molecule is C[Si](C)(C)C#Cc1ccc(C(=O)[O-])cc1. The molecule has 0 aliphatic carbocycles. The van der Waals surface area contributed by atoms with Gasteiger partial charge in [0.2, 0.25) is 0 Å². The summed E-state index contributed by atoms with van der Waals surface area (Å²) < 4.78 is 0. The lowest BCUT2D eigenvalue weighted by atomic mass is 10.1. The van der Waals surface area contributed by atoms with Crippen molar-refractivity contribution in [2.24, 2.45) is 0 Å². The molecule has 1 rings (SSSR count). The molecule has 0 bridgehead atoms. The molecule has 0 amide bonds. The van der Waals surface area contributed by atoms with Crippen LogP contribution in [0.4, 0.5) is 0 Å². The summed E-state index contributed by atoms with van der Waals surface area (Å²) in [5.41, 5.74) is 4.25. The maximum Gasteiger partial charge on any atom is 0.129 e. The molecule has 78 valence electrons. The molecule has 0 spiro atoms. The van der Waals surface area contributed by atoms with E-state index in [-0.39, 0.29) is 5.56 Å². The molecular formula is C12H13O2Si-. The van der Waals surface area contributed by atoms with Crippen molar-refractivity contribution < 1.29 is 9.90 Å². The number of benzene rings is 1. The summed E-state index contributed by atoms with van der Waals surface area (Å²) in [5, 5.41) is 10.5. The van der Waals surface area contributed by atoms with E-state index in [1.807, 2.05) is 0 Å². The van der Waals surface area contributed by atoms with Crippen LogP contribution in [-0.4, -0.2) is 14.0 Å². The second kappa shape index (κ2) is 4.33. The molecule has 0 N–H and O–H groups in total. The highest BCUT2D eigenvalue weighted by atomic mass is 28.3. The van der Waals surface area contributed by atoms with Crippen LogP contribution in [0.5, 0.6) is 0 Å². The standard InChI is InChI=1S/C12H14O2Si/c1-15(2,3)9-8-10-4-6-11(7-5-10)12(13)14/h4-7H,1-3H3,(H,13,14)/p-1. The molecule has 0 heterocycles. The summed E-state index contributed by atoms with van der Waals surface area (Å²) in [4.78, 5) is 10.5. The van der Waals surface area contributed by atoms with Gasteiger partial charge in [0.25, 0.3) is 0 Å². The van der Waals surface area contributed by atoms with Crippen molar-refractivity contribution in [3.05, 3.63) is 35.4 Å². The third-order valence-corrected chi connectivity index (χ3v) is 2.58. The Kier molecular flexibility index (Phi) is 3.33. The van der Waals surface area contributed by atoms with E-state index >= 15 is 0 Å². The Labute approximate surface area is 91.0 Å². The lowest BCUT2D eigenvalue weighted by molar-refractivity contribution is -0.255. The molecule has 0 fully saturated rings. The van der Waals surface area contributed by atoms with E-state index in [0.717, 1.165) is 5.56 Å². The number of aromatic carboxylic acids is 1. The van der Waals surface area contributed by atoms with E-state index in [4.69, 9.17) is 0 Å². The molecule has 15 heavy (non-hydrogen) atoms. The fourth-order valence-corrected chi connectivity index (χ4v) is 1.47. The molecule has 3 heteroatoms. The summed E-state index contributed by atoms with van der Waals surface area (Å²) in [6.07, 6.45) is 0. The van der Waals surface area contributed by atoms with Gasteiger partial charge in [-0.15, -0.1) is 5.54 Å². The number of carboxylic acid groups (broad SMARTS) is 1. The monoisotopic (exact) mass is 217 g/mol. The third-order valence-electron chi connectivity index (χ3n) is 1.70. The van der Waals surface area contributed by atoms with Gasteiger partial charge in [0.1, 0.15) is 8.07 Å². The molecule has 0 radical (unpaired) electrons. The summed E-state index contributed by atoms with van der Waals surface area (Å²) in [5.74, 6) is 1.90. The minimum absolute atomic E-state index is 0.188. The van der Waals surface area contributed by atoms with Crippen LogP contribution in [0.2, 0.25) is 19.6 Å². The van der Waals surface area contributed by atoms with Crippen LogP contribution in [0.15, 0.2) is 24.3 Å². The number of carbonyl (C=O) groups excluding carboxylic acids is 1. The normalized spacial score (nSPS) is 10.3. The molecule has 0 aliphatic heterocycles. The quantitative estimate of drug-likeness (QED) is 0.525. The summed E-state index contributed by atoms with van der Waals surface area (Å²) in [6, 6.07) is 6.45. The first-order chi connectivity index (χ1) is 6.88. The zero-order chi connectivity index (χ0) is 11.5. The number of hydrogen-bond acceptors (Lipinski definition) is 2. The molecule has 0 aromatic heterocycles. The van der Waals surface area contributed by atoms with E-state index in [0.29, 0.717) is 0 Å². The first-order valence-corrected chi connectivity index (χ1v) is 8.23. The summed E-state index contributed by atoms with van der Waals surface area (Å²) in [7, 11) is -1.37. The average molecular weight is 217 g/mol. The van der Waals surface area contributed by atoms with Gasteiger partial charge in [0, 0.05) is 5.56 Å². The topological polar surface area (TPSA) is 40.1 Å². The summed E-state index contributed by atoms with van der Waals surface area (Å²) >= 11 is 0. The van der Waals surface area contributed by atoms with Gasteiger partial charge in [-0.2, -0.15) is 0 Å². The minimum atomic E-state index is -1.37. The van der Waals surface area contributed by atoms with Crippen LogP contribution in [0.1, 0.15) is 15.9 Å². The van der Waals surface area contributed by atoms with Crippen LogP contribution >= 0.6 is 0 Å². The lowest BCUT2D eigenvalue weighted by Gasteiger charge is -2.04. The molecule has 0 saturated carbocycles. The van der Waals surface area contributed by atoms with Crippen LogP contribution in [-0.2, 0) is 0 Å². The molecule has 0 atom stereocenters. The minimum Gasteiger partial charge on any atom is -0.545 e. The zero-order valence-electron chi connectivity index (χ0n) is 9.13. The first-order valence-electron chi connectivity index (χ1n) is 4.73.